The van der Waals surface area contributed by atoms with E-state index in [9.17, 15) is 9.59 Å². The van der Waals surface area contributed by atoms with Gasteiger partial charge in [0.1, 0.15) is 11.3 Å². The van der Waals surface area contributed by atoms with Crippen LogP contribution in [0.4, 0.5) is 0 Å². The van der Waals surface area contributed by atoms with E-state index in [1.165, 1.54) is 0 Å². The molecule has 116 valence electrons. The highest BCUT2D eigenvalue weighted by Gasteiger charge is 2.25. The zero-order valence-electron chi connectivity index (χ0n) is 13.2. The monoisotopic (exact) mass is 301 g/mol. The van der Waals surface area contributed by atoms with Gasteiger partial charge in [-0.05, 0) is 27.2 Å². The van der Waals surface area contributed by atoms with E-state index in [0.717, 1.165) is 5.56 Å². The summed E-state index contributed by atoms with van der Waals surface area (Å²) in [4.78, 5) is 24.5. The molecule has 0 aliphatic carbocycles. The minimum absolute atomic E-state index is 0.236. The van der Waals surface area contributed by atoms with Crippen molar-refractivity contribution in [3.63, 3.8) is 0 Å². The molecule has 0 saturated heterocycles. The third kappa shape index (κ3) is 3.24. The van der Waals surface area contributed by atoms with Crippen molar-refractivity contribution >= 4 is 11.8 Å². The maximum atomic E-state index is 12.3. The highest BCUT2D eigenvalue weighted by atomic mass is 16.5. The SMILES string of the molecule is CCc1noc(C)c1C(=O)OC(C)C(=O)c1ccc(C)cc1. The highest BCUT2D eigenvalue weighted by Crippen LogP contribution is 2.17. The van der Waals surface area contributed by atoms with Crippen LogP contribution in [0.3, 0.4) is 0 Å². The van der Waals surface area contributed by atoms with E-state index in [1.54, 1.807) is 26.0 Å². The summed E-state index contributed by atoms with van der Waals surface area (Å²) < 4.78 is 10.3. The van der Waals surface area contributed by atoms with Gasteiger partial charge in [0.2, 0.25) is 5.78 Å². The minimum Gasteiger partial charge on any atom is -0.451 e. The summed E-state index contributed by atoms with van der Waals surface area (Å²) in [6, 6.07) is 7.15. The number of hydrogen-bond acceptors (Lipinski definition) is 5. The zero-order chi connectivity index (χ0) is 16.3. The lowest BCUT2D eigenvalue weighted by Gasteiger charge is -2.12. The minimum atomic E-state index is -0.866. The smallest absolute Gasteiger partial charge is 0.344 e. The summed E-state index contributed by atoms with van der Waals surface area (Å²) in [7, 11) is 0. The average molecular weight is 301 g/mol. The number of ether oxygens (including phenoxy) is 1. The Bertz CT molecular complexity index is 685. The molecule has 2 aromatic rings. The summed E-state index contributed by atoms with van der Waals surface area (Å²) in [6.07, 6.45) is -0.309. The number of carbonyl (C=O) groups excluding carboxylic acids is 2. The molecule has 1 aromatic carbocycles. The number of benzene rings is 1. The van der Waals surface area contributed by atoms with Crippen molar-refractivity contribution in [2.75, 3.05) is 0 Å². The lowest BCUT2D eigenvalue weighted by atomic mass is 10.1. The fraction of sp³-hybridized carbons (Fsp3) is 0.353. The standard InChI is InChI=1S/C17H19NO4/c1-5-14-15(11(3)22-18-14)17(20)21-12(4)16(19)13-8-6-10(2)7-9-13/h6-9,12H,5H2,1-4H3. The highest BCUT2D eigenvalue weighted by molar-refractivity contribution is 6.01. The molecule has 0 N–H and O–H groups in total. The number of aryl methyl sites for hydroxylation is 3. The molecule has 5 heteroatoms. The second kappa shape index (κ2) is 6.56. The van der Waals surface area contributed by atoms with Crippen LogP contribution >= 0.6 is 0 Å². The first kappa shape index (κ1) is 15.9. The predicted octanol–water partition coefficient (Wildman–Crippen LogP) is 3.28. The topological polar surface area (TPSA) is 69.4 Å². The third-order valence-corrected chi connectivity index (χ3v) is 3.46. The molecule has 0 amide bonds. The largest absolute Gasteiger partial charge is 0.451 e. The lowest BCUT2D eigenvalue weighted by molar-refractivity contribution is 0.0316. The van der Waals surface area contributed by atoms with Crippen LogP contribution in [0, 0.1) is 13.8 Å². The molecule has 0 bridgehead atoms. The van der Waals surface area contributed by atoms with Crippen molar-refractivity contribution in [2.24, 2.45) is 0 Å². The fourth-order valence-electron chi connectivity index (χ4n) is 2.15. The fourth-order valence-corrected chi connectivity index (χ4v) is 2.15. The average Bonchev–Trinajstić information content (AvgIpc) is 2.88. The Hall–Kier alpha value is -2.43. The van der Waals surface area contributed by atoms with Gasteiger partial charge in [-0.1, -0.05) is 41.9 Å². The second-order valence-electron chi connectivity index (χ2n) is 5.19. The summed E-state index contributed by atoms with van der Waals surface area (Å²) in [5.74, 6) is -0.416. The molecule has 5 nitrogen and oxygen atoms in total. The predicted molar refractivity (Wildman–Crippen MR) is 81.0 cm³/mol. The van der Waals surface area contributed by atoms with E-state index in [-0.39, 0.29) is 5.78 Å². The summed E-state index contributed by atoms with van der Waals surface area (Å²) in [6.45, 7) is 7.03. The van der Waals surface area contributed by atoms with Crippen LogP contribution in [0.15, 0.2) is 28.8 Å². The van der Waals surface area contributed by atoms with Gasteiger partial charge in [0.25, 0.3) is 0 Å². The number of aromatic nitrogens is 1. The molecular formula is C17H19NO4. The van der Waals surface area contributed by atoms with Crippen molar-refractivity contribution in [1.29, 1.82) is 0 Å². The van der Waals surface area contributed by atoms with Gasteiger partial charge in [-0.2, -0.15) is 0 Å². The Kier molecular flexibility index (Phi) is 4.75. The van der Waals surface area contributed by atoms with E-state index in [4.69, 9.17) is 9.26 Å². The second-order valence-corrected chi connectivity index (χ2v) is 5.19. The molecule has 0 radical (unpaired) electrons. The van der Waals surface area contributed by atoms with Crippen molar-refractivity contribution in [1.82, 2.24) is 5.16 Å². The Labute approximate surface area is 129 Å². The summed E-state index contributed by atoms with van der Waals surface area (Å²) in [5.41, 5.74) is 2.43. The Morgan fingerprint density at radius 3 is 2.45 bits per heavy atom. The summed E-state index contributed by atoms with van der Waals surface area (Å²) >= 11 is 0. The lowest BCUT2D eigenvalue weighted by Crippen LogP contribution is -2.25. The van der Waals surface area contributed by atoms with Crippen LogP contribution in [-0.2, 0) is 11.2 Å². The molecule has 0 spiro atoms. The number of carbonyl (C=O) groups is 2. The van der Waals surface area contributed by atoms with Crippen LogP contribution in [0.2, 0.25) is 0 Å². The number of esters is 1. The van der Waals surface area contributed by atoms with Gasteiger partial charge in [-0.15, -0.1) is 0 Å². The zero-order valence-corrected chi connectivity index (χ0v) is 13.2. The van der Waals surface area contributed by atoms with Crippen molar-refractivity contribution in [3.8, 4) is 0 Å². The molecule has 0 fully saturated rings. The molecule has 1 unspecified atom stereocenters. The molecule has 2 rings (SSSR count). The molecule has 0 saturated carbocycles. The number of hydrogen-bond donors (Lipinski definition) is 0. The van der Waals surface area contributed by atoms with E-state index in [0.29, 0.717) is 29.0 Å². The van der Waals surface area contributed by atoms with Crippen molar-refractivity contribution in [3.05, 3.63) is 52.4 Å². The van der Waals surface area contributed by atoms with Gasteiger partial charge in [0, 0.05) is 5.56 Å². The van der Waals surface area contributed by atoms with Crippen molar-refractivity contribution in [2.45, 2.75) is 40.2 Å². The van der Waals surface area contributed by atoms with Crippen LogP contribution in [0.1, 0.15) is 51.6 Å². The van der Waals surface area contributed by atoms with Crippen LogP contribution in [0.25, 0.3) is 0 Å². The van der Waals surface area contributed by atoms with Gasteiger partial charge in [0.05, 0.1) is 5.69 Å². The normalized spacial score (nSPS) is 12.0. The quantitative estimate of drug-likeness (QED) is 0.626. The third-order valence-electron chi connectivity index (χ3n) is 3.46. The van der Waals surface area contributed by atoms with Crippen molar-refractivity contribution < 1.29 is 18.8 Å². The number of Topliss-reactive ketones (excluding diaryl/α,β-unsaturated/α-hetero) is 1. The maximum Gasteiger partial charge on any atom is 0.344 e. The van der Waals surface area contributed by atoms with E-state index < -0.39 is 12.1 Å². The Balaban J connectivity index is 2.12. The molecule has 0 aliphatic rings. The van der Waals surface area contributed by atoms with E-state index in [2.05, 4.69) is 5.16 Å². The number of nitrogens with zero attached hydrogens (tertiary/aromatic N) is 1. The van der Waals surface area contributed by atoms with Gasteiger partial charge in [-0.3, -0.25) is 4.79 Å². The molecule has 22 heavy (non-hydrogen) atoms. The number of rotatable bonds is 5. The number of ketones is 1. The molecule has 1 aromatic heterocycles. The van der Waals surface area contributed by atoms with Gasteiger partial charge >= 0.3 is 5.97 Å². The Morgan fingerprint density at radius 1 is 1.23 bits per heavy atom. The molecule has 1 atom stereocenters. The first-order chi connectivity index (χ1) is 10.4. The van der Waals surface area contributed by atoms with Gasteiger partial charge in [-0.25, -0.2) is 4.79 Å². The first-order valence-electron chi connectivity index (χ1n) is 7.21. The van der Waals surface area contributed by atoms with Gasteiger partial charge in [0.15, 0.2) is 6.10 Å². The van der Waals surface area contributed by atoms with Crippen LogP contribution in [-0.4, -0.2) is 23.0 Å². The van der Waals surface area contributed by atoms with Crippen LogP contribution in [0.5, 0.6) is 0 Å². The van der Waals surface area contributed by atoms with Gasteiger partial charge < -0.3 is 9.26 Å². The van der Waals surface area contributed by atoms with Crippen LogP contribution < -0.4 is 0 Å². The summed E-state index contributed by atoms with van der Waals surface area (Å²) in [5, 5.41) is 3.81. The van der Waals surface area contributed by atoms with E-state index >= 15 is 0 Å². The Morgan fingerprint density at radius 2 is 1.86 bits per heavy atom. The molecular weight excluding hydrogens is 282 g/mol. The molecule has 0 aliphatic heterocycles. The maximum absolute atomic E-state index is 12.3. The first-order valence-corrected chi connectivity index (χ1v) is 7.21. The molecule has 1 heterocycles. The van der Waals surface area contributed by atoms with E-state index in [1.807, 2.05) is 26.0 Å².